The highest BCUT2D eigenvalue weighted by Gasteiger charge is 2.28. The fourth-order valence-electron chi connectivity index (χ4n) is 3.29. The smallest absolute Gasteiger partial charge is 0.236 e. The number of likely N-dealkylation sites (tertiary alicyclic amines) is 1. The number of amides is 1. The van der Waals surface area contributed by atoms with Gasteiger partial charge in [0, 0.05) is 13.6 Å². The van der Waals surface area contributed by atoms with Gasteiger partial charge in [0.2, 0.25) is 5.91 Å². The van der Waals surface area contributed by atoms with E-state index in [9.17, 15) is 4.79 Å². The summed E-state index contributed by atoms with van der Waals surface area (Å²) in [5, 5.41) is 6.91. The molecule has 6 heteroatoms. The van der Waals surface area contributed by atoms with Gasteiger partial charge in [0.15, 0.2) is 0 Å². The van der Waals surface area contributed by atoms with Crippen molar-refractivity contribution in [2.45, 2.75) is 38.8 Å². The van der Waals surface area contributed by atoms with Gasteiger partial charge >= 0.3 is 0 Å². The normalized spacial score (nSPS) is 18.5. The van der Waals surface area contributed by atoms with Gasteiger partial charge in [0.05, 0.1) is 12.6 Å². The molecule has 1 N–H and O–H groups in total. The van der Waals surface area contributed by atoms with Crippen LogP contribution in [0.15, 0.2) is 30.6 Å². The van der Waals surface area contributed by atoms with E-state index in [1.165, 1.54) is 17.5 Å². The lowest BCUT2D eigenvalue weighted by atomic mass is 10.0. The van der Waals surface area contributed by atoms with E-state index in [0.717, 1.165) is 31.6 Å². The Bertz CT molecular complexity index is 670. The molecule has 0 radical (unpaired) electrons. The lowest BCUT2D eigenvalue weighted by molar-refractivity contribution is -0.132. The predicted octanol–water partition coefficient (Wildman–Crippen LogP) is 2.30. The fraction of sp³-hybridized carbons (Fsp3) is 0.500. The highest BCUT2D eigenvalue weighted by molar-refractivity contribution is 5.78. The fourth-order valence-corrected chi connectivity index (χ4v) is 3.29. The van der Waals surface area contributed by atoms with E-state index in [0.29, 0.717) is 13.1 Å². The first kappa shape index (κ1) is 16.6. The van der Waals surface area contributed by atoms with E-state index in [4.69, 9.17) is 0 Å². The summed E-state index contributed by atoms with van der Waals surface area (Å²) in [5.41, 5.74) is 2.41. The maximum Gasteiger partial charge on any atom is 0.236 e. The van der Waals surface area contributed by atoms with Gasteiger partial charge in [0.25, 0.3) is 0 Å². The first-order valence-electron chi connectivity index (χ1n) is 8.53. The molecule has 6 nitrogen and oxygen atoms in total. The number of carbonyl (C=O) groups is 1. The van der Waals surface area contributed by atoms with Crippen LogP contribution in [-0.2, 0) is 11.3 Å². The Morgan fingerprint density at radius 3 is 2.96 bits per heavy atom. The number of aryl methyl sites for hydroxylation is 1. The van der Waals surface area contributed by atoms with Crippen LogP contribution in [0.4, 0.5) is 0 Å². The number of aromatic amines is 1. The Kier molecular flexibility index (Phi) is 5.25. The van der Waals surface area contributed by atoms with E-state index < -0.39 is 0 Å². The van der Waals surface area contributed by atoms with E-state index in [2.05, 4.69) is 39.1 Å². The van der Waals surface area contributed by atoms with Crippen molar-refractivity contribution in [3.63, 3.8) is 0 Å². The number of carbonyl (C=O) groups excluding carboxylic acids is 1. The molecule has 1 atom stereocenters. The average molecular weight is 327 g/mol. The molecule has 0 saturated carbocycles. The molecule has 1 aliphatic rings. The maximum atomic E-state index is 12.7. The number of likely N-dealkylation sites (N-methyl/N-ethyl adjacent to an activating group) is 1. The van der Waals surface area contributed by atoms with Crippen LogP contribution in [-0.4, -0.2) is 51.0 Å². The molecule has 1 aliphatic heterocycles. The van der Waals surface area contributed by atoms with Crippen molar-refractivity contribution in [1.29, 1.82) is 0 Å². The van der Waals surface area contributed by atoms with Gasteiger partial charge in [-0.3, -0.25) is 14.8 Å². The van der Waals surface area contributed by atoms with E-state index >= 15 is 0 Å². The van der Waals surface area contributed by atoms with Crippen LogP contribution in [0.5, 0.6) is 0 Å². The molecule has 1 aromatic heterocycles. The molecule has 0 bridgehead atoms. The van der Waals surface area contributed by atoms with Crippen LogP contribution in [0.1, 0.15) is 42.3 Å². The van der Waals surface area contributed by atoms with Crippen molar-refractivity contribution in [3.8, 4) is 0 Å². The number of H-pyrrole nitrogens is 1. The number of nitrogens with zero attached hydrogens (tertiary/aromatic N) is 4. The maximum absolute atomic E-state index is 12.7. The van der Waals surface area contributed by atoms with E-state index in [1.807, 2.05) is 24.1 Å². The van der Waals surface area contributed by atoms with Gasteiger partial charge in [-0.1, -0.05) is 30.7 Å². The van der Waals surface area contributed by atoms with E-state index in [1.54, 1.807) is 0 Å². The molecule has 2 heterocycles. The third-order valence-corrected chi connectivity index (χ3v) is 4.80. The molecule has 3 rings (SSSR count). The molecule has 0 aliphatic carbocycles. The number of hydrogen-bond donors (Lipinski definition) is 1. The van der Waals surface area contributed by atoms with Crippen molar-refractivity contribution in [3.05, 3.63) is 47.5 Å². The van der Waals surface area contributed by atoms with Gasteiger partial charge < -0.3 is 4.90 Å². The summed E-state index contributed by atoms with van der Waals surface area (Å²) in [6.45, 7) is 4.08. The second-order valence-corrected chi connectivity index (χ2v) is 6.53. The van der Waals surface area contributed by atoms with Gasteiger partial charge in [0.1, 0.15) is 12.2 Å². The van der Waals surface area contributed by atoms with Crippen molar-refractivity contribution in [2.75, 3.05) is 20.1 Å². The highest BCUT2D eigenvalue weighted by Crippen LogP contribution is 2.28. The molecular formula is C18H25N5O. The molecule has 128 valence electrons. The Morgan fingerprint density at radius 1 is 1.38 bits per heavy atom. The summed E-state index contributed by atoms with van der Waals surface area (Å²) >= 11 is 0. The lowest BCUT2D eigenvalue weighted by Gasteiger charge is -2.34. The van der Waals surface area contributed by atoms with Crippen LogP contribution in [0.25, 0.3) is 0 Å². The third kappa shape index (κ3) is 3.82. The number of aromatic nitrogens is 3. The van der Waals surface area contributed by atoms with E-state index in [-0.39, 0.29) is 11.9 Å². The second-order valence-electron chi connectivity index (χ2n) is 6.53. The summed E-state index contributed by atoms with van der Waals surface area (Å²) in [5.74, 6) is 1.01. The first-order valence-corrected chi connectivity index (χ1v) is 8.53. The number of piperidine rings is 1. The number of rotatable bonds is 5. The average Bonchev–Trinajstić information content (AvgIpc) is 3.11. The summed E-state index contributed by atoms with van der Waals surface area (Å²) in [7, 11) is 1.88. The predicted molar refractivity (Wildman–Crippen MR) is 92.2 cm³/mol. The molecule has 1 saturated heterocycles. The number of benzene rings is 1. The SMILES string of the molecule is Cc1ccccc1CN(C)C(=O)CN1CCCCC1c1ncn[nH]1. The minimum atomic E-state index is 0.143. The molecule has 1 fully saturated rings. The first-order chi connectivity index (χ1) is 11.6. The largest absolute Gasteiger partial charge is 0.340 e. The Labute approximate surface area is 142 Å². The standard InChI is InChI=1S/C18H25N5O/c1-14-7-3-4-8-15(14)11-22(2)17(24)12-23-10-6-5-9-16(23)18-19-13-20-21-18/h3-4,7-8,13,16H,5-6,9-12H2,1-2H3,(H,19,20,21). The van der Waals surface area contributed by atoms with Crippen molar-refractivity contribution in [2.24, 2.45) is 0 Å². The third-order valence-electron chi connectivity index (χ3n) is 4.80. The van der Waals surface area contributed by atoms with Crippen molar-refractivity contribution in [1.82, 2.24) is 25.0 Å². The summed E-state index contributed by atoms with van der Waals surface area (Å²) in [6, 6.07) is 8.37. The molecule has 1 aromatic carbocycles. The van der Waals surface area contributed by atoms with Gasteiger partial charge in [-0.05, 0) is 37.4 Å². The summed E-state index contributed by atoms with van der Waals surface area (Å²) in [6.07, 6.45) is 4.84. The zero-order valence-electron chi connectivity index (χ0n) is 14.4. The van der Waals surface area contributed by atoms with Crippen molar-refractivity contribution >= 4 is 5.91 Å². The quantitative estimate of drug-likeness (QED) is 0.915. The van der Waals surface area contributed by atoms with Crippen LogP contribution in [0.2, 0.25) is 0 Å². The highest BCUT2D eigenvalue weighted by atomic mass is 16.2. The molecule has 1 unspecified atom stereocenters. The number of hydrogen-bond acceptors (Lipinski definition) is 4. The topological polar surface area (TPSA) is 65.1 Å². The van der Waals surface area contributed by atoms with Crippen LogP contribution >= 0.6 is 0 Å². The van der Waals surface area contributed by atoms with Crippen LogP contribution in [0.3, 0.4) is 0 Å². The number of nitrogens with one attached hydrogen (secondary N) is 1. The van der Waals surface area contributed by atoms with Crippen molar-refractivity contribution < 1.29 is 4.79 Å². The van der Waals surface area contributed by atoms with Gasteiger partial charge in [-0.15, -0.1) is 0 Å². The Balaban J connectivity index is 1.63. The monoisotopic (exact) mass is 327 g/mol. The van der Waals surface area contributed by atoms with Crippen LogP contribution in [0, 0.1) is 6.92 Å². The Morgan fingerprint density at radius 2 is 2.21 bits per heavy atom. The van der Waals surface area contributed by atoms with Gasteiger partial charge in [-0.25, -0.2) is 4.98 Å². The summed E-state index contributed by atoms with van der Waals surface area (Å²) in [4.78, 5) is 21.0. The molecular weight excluding hydrogens is 302 g/mol. The zero-order chi connectivity index (χ0) is 16.9. The second kappa shape index (κ2) is 7.57. The summed E-state index contributed by atoms with van der Waals surface area (Å²) < 4.78 is 0. The zero-order valence-corrected chi connectivity index (χ0v) is 14.4. The minimum absolute atomic E-state index is 0.143. The molecule has 0 spiro atoms. The minimum Gasteiger partial charge on any atom is -0.340 e. The lowest BCUT2D eigenvalue weighted by Crippen LogP contribution is -2.42. The molecule has 2 aromatic rings. The molecule has 24 heavy (non-hydrogen) atoms. The molecule has 1 amide bonds. The Hall–Kier alpha value is -2.21. The van der Waals surface area contributed by atoms with Gasteiger partial charge in [-0.2, -0.15) is 5.10 Å². The van der Waals surface area contributed by atoms with Crippen LogP contribution < -0.4 is 0 Å².